The lowest BCUT2D eigenvalue weighted by Crippen LogP contribution is -2.41. The molecule has 0 spiro atoms. The molecule has 0 saturated carbocycles. The molecule has 1 amide bonds. The average Bonchev–Trinajstić information content (AvgIpc) is 2.87. The van der Waals surface area contributed by atoms with Crippen LogP contribution >= 0.6 is 0 Å². The number of carboxylic acids is 1. The summed E-state index contributed by atoms with van der Waals surface area (Å²) in [5, 5.41) is 9.05. The third-order valence-electron chi connectivity index (χ3n) is 3.39. The van der Waals surface area contributed by atoms with Crippen LogP contribution in [-0.4, -0.2) is 39.0 Å². The molecule has 1 aromatic heterocycles. The van der Waals surface area contributed by atoms with Crippen molar-refractivity contribution in [3.8, 4) is 0 Å². The molecule has 5 nitrogen and oxygen atoms in total. The molecule has 92 valence electrons. The number of likely N-dealkylation sites (tertiary alicyclic amines) is 1. The van der Waals surface area contributed by atoms with Gasteiger partial charge in [0.05, 0.1) is 0 Å². The van der Waals surface area contributed by atoms with Crippen molar-refractivity contribution in [3.05, 3.63) is 23.5 Å². The monoisotopic (exact) mass is 236 g/mol. The van der Waals surface area contributed by atoms with Crippen LogP contribution in [0.5, 0.6) is 0 Å². The SMILES string of the molecule is Cc1ccc(C(=O)N2CCC[C@H]2C(=O)O)n1C. The minimum absolute atomic E-state index is 0.189. The molecule has 0 aliphatic carbocycles. The molecule has 5 heteroatoms. The Bertz CT molecular complexity index is 464. The fourth-order valence-corrected chi connectivity index (χ4v) is 2.24. The zero-order valence-electron chi connectivity index (χ0n) is 10.0. The van der Waals surface area contributed by atoms with Gasteiger partial charge in [-0.1, -0.05) is 0 Å². The van der Waals surface area contributed by atoms with E-state index in [1.165, 1.54) is 4.90 Å². The quantitative estimate of drug-likeness (QED) is 0.834. The predicted molar refractivity (Wildman–Crippen MR) is 61.8 cm³/mol. The number of aryl methyl sites for hydroxylation is 1. The predicted octanol–water partition coefficient (Wildman–Crippen LogP) is 1.02. The molecule has 1 saturated heterocycles. The van der Waals surface area contributed by atoms with Crippen LogP contribution in [0.25, 0.3) is 0 Å². The molecule has 1 N–H and O–H groups in total. The second kappa shape index (κ2) is 4.24. The Labute approximate surface area is 99.6 Å². The molecule has 17 heavy (non-hydrogen) atoms. The summed E-state index contributed by atoms with van der Waals surface area (Å²) >= 11 is 0. The molecular formula is C12H16N2O3. The zero-order chi connectivity index (χ0) is 12.6. The van der Waals surface area contributed by atoms with Gasteiger partial charge in [0.15, 0.2) is 0 Å². The van der Waals surface area contributed by atoms with Gasteiger partial charge in [-0.25, -0.2) is 4.79 Å². The number of carbonyl (C=O) groups is 2. The largest absolute Gasteiger partial charge is 0.480 e. The lowest BCUT2D eigenvalue weighted by Gasteiger charge is -2.21. The second-order valence-corrected chi connectivity index (χ2v) is 4.41. The number of hydrogen-bond donors (Lipinski definition) is 1. The number of aromatic nitrogens is 1. The average molecular weight is 236 g/mol. The standard InChI is InChI=1S/C12H16N2O3/c1-8-5-6-9(13(8)2)11(15)14-7-3-4-10(14)12(16)17/h5-6,10H,3-4,7H2,1-2H3,(H,16,17)/t10-/m0/s1. The van der Waals surface area contributed by atoms with Gasteiger partial charge in [-0.3, -0.25) is 4.79 Å². The Balaban J connectivity index is 2.26. The van der Waals surface area contributed by atoms with E-state index in [2.05, 4.69) is 0 Å². The normalized spacial score (nSPS) is 19.6. The van der Waals surface area contributed by atoms with Crippen molar-refractivity contribution >= 4 is 11.9 Å². The summed E-state index contributed by atoms with van der Waals surface area (Å²) in [7, 11) is 1.81. The summed E-state index contributed by atoms with van der Waals surface area (Å²) in [5.41, 5.74) is 1.54. The van der Waals surface area contributed by atoms with Crippen molar-refractivity contribution in [1.29, 1.82) is 0 Å². The number of aliphatic carboxylic acids is 1. The fourth-order valence-electron chi connectivity index (χ4n) is 2.24. The summed E-state index contributed by atoms with van der Waals surface area (Å²) in [5.74, 6) is -1.10. The van der Waals surface area contributed by atoms with Gasteiger partial charge in [-0.05, 0) is 31.9 Å². The lowest BCUT2D eigenvalue weighted by molar-refractivity contribution is -0.141. The van der Waals surface area contributed by atoms with Crippen LogP contribution in [0, 0.1) is 6.92 Å². The van der Waals surface area contributed by atoms with Crippen molar-refractivity contribution in [3.63, 3.8) is 0 Å². The first-order valence-electron chi connectivity index (χ1n) is 5.68. The van der Waals surface area contributed by atoms with Crippen LogP contribution in [0.15, 0.2) is 12.1 Å². The summed E-state index contributed by atoms with van der Waals surface area (Å²) in [4.78, 5) is 24.7. The summed E-state index contributed by atoms with van der Waals surface area (Å²) in [6.07, 6.45) is 1.30. The van der Waals surface area contributed by atoms with Crippen LogP contribution in [0.4, 0.5) is 0 Å². The van der Waals surface area contributed by atoms with Crippen LogP contribution in [0.1, 0.15) is 29.0 Å². The number of carboxylic acid groups (broad SMARTS) is 1. The van der Waals surface area contributed by atoms with Crippen molar-refractivity contribution in [2.45, 2.75) is 25.8 Å². The van der Waals surface area contributed by atoms with Crippen LogP contribution in [0.3, 0.4) is 0 Å². The van der Waals surface area contributed by atoms with Crippen LogP contribution in [-0.2, 0) is 11.8 Å². The summed E-state index contributed by atoms with van der Waals surface area (Å²) in [6, 6.07) is 2.94. The summed E-state index contributed by atoms with van der Waals surface area (Å²) < 4.78 is 1.79. The van der Waals surface area contributed by atoms with Gasteiger partial charge in [0.25, 0.3) is 5.91 Å². The highest BCUT2D eigenvalue weighted by Crippen LogP contribution is 2.20. The van der Waals surface area contributed by atoms with Gasteiger partial charge in [0.1, 0.15) is 11.7 Å². The minimum Gasteiger partial charge on any atom is -0.480 e. The molecule has 1 aliphatic heterocycles. The highest BCUT2D eigenvalue weighted by molar-refractivity contribution is 5.95. The van der Waals surface area contributed by atoms with Gasteiger partial charge >= 0.3 is 5.97 Å². The van der Waals surface area contributed by atoms with Gasteiger partial charge in [0, 0.05) is 19.3 Å². The molecule has 1 atom stereocenters. The summed E-state index contributed by atoms with van der Waals surface area (Å²) in [6.45, 7) is 2.44. The topological polar surface area (TPSA) is 62.5 Å². The first kappa shape index (κ1) is 11.7. The van der Waals surface area contributed by atoms with E-state index in [9.17, 15) is 9.59 Å². The van der Waals surface area contributed by atoms with E-state index in [0.29, 0.717) is 18.7 Å². The van der Waals surface area contributed by atoms with Crippen molar-refractivity contribution in [2.24, 2.45) is 7.05 Å². The van der Waals surface area contributed by atoms with E-state index in [1.807, 2.05) is 20.0 Å². The number of rotatable bonds is 2. The number of nitrogens with zero attached hydrogens (tertiary/aromatic N) is 2. The van der Waals surface area contributed by atoms with E-state index < -0.39 is 12.0 Å². The lowest BCUT2D eigenvalue weighted by atomic mass is 10.2. The van der Waals surface area contributed by atoms with E-state index in [1.54, 1.807) is 10.6 Å². The van der Waals surface area contributed by atoms with Crippen LogP contribution < -0.4 is 0 Å². The minimum atomic E-state index is -0.915. The van der Waals surface area contributed by atoms with Crippen LogP contribution in [0.2, 0.25) is 0 Å². The zero-order valence-corrected chi connectivity index (χ0v) is 10.0. The highest BCUT2D eigenvalue weighted by Gasteiger charge is 2.35. The van der Waals surface area contributed by atoms with Gasteiger partial charge in [-0.15, -0.1) is 0 Å². The van der Waals surface area contributed by atoms with Crippen molar-refractivity contribution in [2.75, 3.05) is 6.54 Å². The Kier molecular flexibility index (Phi) is 2.92. The highest BCUT2D eigenvalue weighted by atomic mass is 16.4. The molecule has 0 aromatic carbocycles. The Morgan fingerprint density at radius 1 is 1.41 bits per heavy atom. The van der Waals surface area contributed by atoms with Gasteiger partial charge in [0.2, 0.25) is 0 Å². The molecule has 2 heterocycles. The molecule has 0 unspecified atom stereocenters. The number of amides is 1. The Morgan fingerprint density at radius 2 is 2.12 bits per heavy atom. The van der Waals surface area contributed by atoms with Gasteiger partial charge in [-0.2, -0.15) is 0 Å². The maximum atomic E-state index is 12.2. The molecule has 1 fully saturated rings. The smallest absolute Gasteiger partial charge is 0.326 e. The Hall–Kier alpha value is -1.78. The first-order valence-corrected chi connectivity index (χ1v) is 5.68. The van der Waals surface area contributed by atoms with E-state index in [-0.39, 0.29) is 5.91 Å². The molecule has 0 bridgehead atoms. The van der Waals surface area contributed by atoms with E-state index in [4.69, 9.17) is 5.11 Å². The molecule has 1 aromatic rings. The molecule has 0 radical (unpaired) electrons. The Morgan fingerprint density at radius 3 is 2.65 bits per heavy atom. The maximum absolute atomic E-state index is 12.2. The van der Waals surface area contributed by atoms with E-state index >= 15 is 0 Å². The third kappa shape index (κ3) is 1.92. The molecule has 1 aliphatic rings. The number of hydrogen-bond acceptors (Lipinski definition) is 2. The van der Waals surface area contributed by atoms with Gasteiger partial charge < -0.3 is 14.6 Å². The molecule has 2 rings (SSSR count). The third-order valence-corrected chi connectivity index (χ3v) is 3.39. The van der Waals surface area contributed by atoms with Crippen molar-refractivity contribution in [1.82, 2.24) is 9.47 Å². The second-order valence-electron chi connectivity index (χ2n) is 4.41. The maximum Gasteiger partial charge on any atom is 0.326 e. The number of carbonyl (C=O) groups excluding carboxylic acids is 1. The fraction of sp³-hybridized carbons (Fsp3) is 0.500. The van der Waals surface area contributed by atoms with Crippen molar-refractivity contribution < 1.29 is 14.7 Å². The first-order chi connectivity index (χ1) is 8.02. The van der Waals surface area contributed by atoms with E-state index in [0.717, 1.165) is 12.1 Å². The molecular weight excluding hydrogens is 220 g/mol.